The van der Waals surface area contributed by atoms with Crippen LogP contribution >= 0.6 is 0 Å². The van der Waals surface area contributed by atoms with E-state index in [1.807, 2.05) is 0 Å². The van der Waals surface area contributed by atoms with Gasteiger partial charge in [-0.05, 0) is 48.0 Å². The lowest BCUT2D eigenvalue weighted by Crippen LogP contribution is -2.29. The molecular formula is C24H17FN2O6. The molecular weight excluding hydrogens is 431 g/mol. The first-order chi connectivity index (χ1) is 15.9. The average molecular weight is 448 g/mol. The number of carbonyl (C=O) groups excluding carboxylic acids is 2. The number of halogens is 1. The largest absolute Gasteiger partial charge is 0.484 e. The van der Waals surface area contributed by atoms with E-state index in [0.29, 0.717) is 17.1 Å². The summed E-state index contributed by atoms with van der Waals surface area (Å²) in [5.41, 5.74) is 5.47. The number of hydrogen-bond donors (Lipinski definition) is 1. The molecule has 5 rings (SSSR count). The van der Waals surface area contributed by atoms with Gasteiger partial charge in [0.1, 0.15) is 22.9 Å². The predicted molar refractivity (Wildman–Crippen MR) is 114 cm³/mol. The quantitative estimate of drug-likeness (QED) is 0.485. The molecule has 4 aromatic rings. The van der Waals surface area contributed by atoms with Crippen LogP contribution in [0.25, 0.3) is 11.0 Å². The van der Waals surface area contributed by atoms with Crippen molar-refractivity contribution in [1.29, 1.82) is 0 Å². The van der Waals surface area contributed by atoms with E-state index < -0.39 is 29.1 Å². The third kappa shape index (κ3) is 3.63. The minimum Gasteiger partial charge on any atom is -0.484 e. The second kappa shape index (κ2) is 7.94. The van der Waals surface area contributed by atoms with Gasteiger partial charge >= 0.3 is 0 Å². The number of primary amides is 1. The van der Waals surface area contributed by atoms with Crippen molar-refractivity contribution in [3.05, 3.63) is 99.5 Å². The molecule has 0 spiro atoms. The molecule has 3 heterocycles. The Balaban J connectivity index is 1.64. The summed E-state index contributed by atoms with van der Waals surface area (Å²) in [6.45, 7) is -0.194. The summed E-state index contributed by atoms with van der Waals surface area (Å²) in [7, 11) is 0. The first-order valence-corrected chi connectivity index (χ1v) is 10.0. The number of hydrogen-bond acceptors (Lipinski definition) is 6. The monoisotopic (exact) mass is 448 g/mol. The molecule has 2 aromatic carbocycles. The van der Waals surface area contributed by atoms with E-state index >= 15 is 0 Å². The Morgan fingerprint density at radius 2 is 1.91 bits per heavy atom. The lowest BCUT2D eigenvalue weighted by molar-refractivity contribution is -0.119. The van der Waals surface area contributed by atoms with E-state index in [-0.39, 0.29) is 35.4 Å². The second-order valence-corrected chi connectivity index (χ2v) is 7.55. The Labute approximate surface area is 186 Å². The molecule has 0 saturated carbocycles. The van der Waals surface area contributed by atoms with E-state index in [4.69, 9.17) is 19.3 Å². The summed E-state index contributed by atoms with van der Waals surface area (Å²) in [6.07, 6.45) is 1.49. The van der Waals surface area contributed by atoms with E-state index in [2.05, 4.69) is 0 Å². The van der Waals surface area contributed by atoms with Crippen LogP contribution in [0.5, 0.6) is 5.75 Å². The summed E-state index contributed by atoms with van der Waals surface area (Å²) in [6, 6.07) is 12.8. The normalized spacial score (nSPS) is 15.1. The van der Waals surface area contributed by atoms with Crippen LogP contribution in [-0.2, 0) is 11.3 Å². The molecule has 8 nitrogen and oxygen atoms in total. The molecule has 2 aromatic heterocycles. The standard InChI is InChI=1S/C24H17FN2O6/c25-14-5-8-18-17(10-14)22(29)20-21(13-3-6-15(7-4-13)32-12-19(26)28)27(24(30)23(20)33-18)11-16-2-1-9-31-16/h1-10,21H,11-12H2,(H2,26,28)/t21-/m1/s1. The van der Waals surface area contributed by atoms with Gasteiger partial charge in [0.15, 0.2) is 12.0 Å². The molecule has 2 amide bonds. The number of nitrogens with zero attached hydrogens (tertiary/aromatic N) is 1. The van der Waals surface area contributed by atoms with Crippen LogP contribution in [0.2, 0.25) is 0 Å². The van der Waals surface area contributed by atoms with Gasteiger partial charge in [-0.15, -0.1) is 0 Å². The summed E-state index contributed by atoms with van der Waals surface area (Å²) >= 11 is 0. The predicted octanol–water partition coefficient (Wildman–Crippen LogP) is 3.13. The van der Waals surface area contributed by atoms with E-state index in [1.54, 1.807) is 36.4 Å². The minimum atomic E-state index is -0.799. The van der Waals surface area contributed by atoms with Crippen LogP contribution in [0.15, 0.2) is 74.5 Å². The van der Waals surface area contributed by atoms with Crippen LogP contribution in [0.1, 0.15) is 33.5 Å². The topological polar surface area (TPSA) is 116 Å². The van der Waals surface area contributed by atoms with Crippen molar-refractivity contribution >= 4 is 22.8 Å². The number of rotatable bonds is 6. The molecule has 0 fully saturated rings. The smallest absolute Gasteiger partial charge is 0.291 e. The molecule has 0 unspecified atom stereocenters. The lowest BCUT2D eigenvalue weighted by Gasteiger charge is -2.24. The van der Waals surface area contributed by atoms with Gasteiger partial charge < -0.3 is 24.2 Å². The van der Waals surface area contributed by atoms with Crippen molar-refractivity contribution in [1.82, 2.24) is 4.90 Å². The maximum absolute atomic E-state index is 13.9. The molecule has 1 aliphatic rings. The number of benzene rings is 2. The molecule has 1 atom stereocenters. The molecule has 0 radical (unpaired) electrons. The highest BCUT2D eigenvalue weighted by atomic mass is 19.1. The van der Waals surface area contributed by atoms with Crippen molar-refractivity contribution in [3.63, 3.8) is 0 Å². The van der Waals surface area contributed by atoms with E-state index in [1.165, 1.54) is 23.3 Å². The van der Waals surface area contributed by atoms with Crippen molar-refractivity contribution in [2.24, 2.45) is 5.73 Å². The number of carbonyl (C=O) groups is 2. The SMILES string of the molecule is NC(=O)COc1ccc([C@@H]2c3c(oc4ccc(F)cc4c3=O)C(=O)N2Cc2ccco2)cc1. The van der Waals surface area contributed by atoms with Gasteiger partial charge in [0.25, 0.3) is 11.8 Å². The Kier molecular flexibility index (Phi) is 4.93. The van der Waals surface area contributed by atoms with Gasteiger partial charge in [0, 0.05) is 0 Å². The molecule has 0 bridgehead atoms. The van der Waals surface area contributed by atoms with Gasteiger partial charge in [-0.25, -0.2) is 4.39 Å². The summed E-state index contributed by atoms with van der Waals surface area (Å²) in [5.74, 6) is -0.860. The van der Waals surface area contributed by atoms with Crippen LogP contribution in [-0.4, -0.2) is 23.3 Å². The highest BCUT2D eigenvalue weighted by molar-refractivity contribution is 5.99. The molecule has 9 heteroatoms. The zero-order chi connectivity index (χ0) is 23.1. The van der Waals surface area contributed by atoms with Crippen LogP contribution in [0.4, 0.5) is 4.39 Å². The Hall–Kier alpha value is -4.40. The summed E-state index contributed by atoms with van der Waals surface area (Å²) < 4.78 is 30.3. The maximum Gasteiger partial charge on any atom is 0.291 e. The minimum absolute atomic E-state index is 0.0489. The first-order valence-electron chi connectivity index (χ1n) is 10.0. The number of furan rings is 1. The Morgan fingerprint density at radius 3 is 2.61 bits per heavy atom. The summed E-state index contributed by atoms with van der Waals surface area (Å²) in [5, 5.41) is 0.0489. The van der Waals surface area contributed by atoms with E-state index in [9.17, 15) is 18.8 Å². The summed E-state index contributed by atoms with van der Waals surface area (Å²) in [4.78, 5) is 39.1. The van der Waals surface area contributed by atoms with Gasteiger partial charge in [0.05, 0.1) is 29.8 Å². The third-order valence-corrected chi connectivity index (χ3v) is 5.41. The fourth-order valence-electron chi connectivity index (χ4n) is 3.97. The molecule has 166 valence electrons. The fraction of sp³-hybridized carbons (Fsp3) is 0.125. The maximum atomic E-state index is 13.9. The fourth-order valence-corrected chi connectivity index (χ4v) is 3.97. The van der Waals surface area contributed by atoms with Gasteiger partial charge in [-0.3, -0.25) is 14.4 Å². The van der Waals surface area contributed by atoms with Crippen molar-refractivity contribution in [2.45, 2.75) is 12.6 Å². The number of fused-ring (bicyclic) bond motifs is 2. The van der Waals surface area contributed by atoms with Crippen LogP contribution in [0, 0.1) is 5.82 Å². The average Bonchev–Trinajstić information content (AvgIpc) is 3.41. The van der Waals surface area contributed by atoms with Crippen LogP contribution < -0.4 is 15.9 Å². The molecule has 1 aliphatic heterocycles. The second-order valence-electron chi connectivity index (χ2n) is 7.55. The third-order valence-electron chi connectivity index (χ3n) is 5.41. The molecule has 0 saturated heterocycles. The molecule has 2 N–H and O–H groups in total. The van der Waals surface area contributed by atoms with Gasteiger partial charge in [-0.1, -0.05) is 12.1 Å². The zero-order valence-corrected chi connectivity index (χ0v) is 17.1. The Morgan fingerprint density at radius 1 is 1.12 bits per heavy atom. The molecule has 33 heavy (non-hydrogen) atoms. The molecule has 0 aliphatic carbocycles. The van der Waals surface area contributed by atoms with Gasteiger partial charge in [-0.2, -0.15) is 0 Å². The lowest BCUT2D eigenvalue weighted by atomic mass is 9.98. The zero-order valence-electron chi connectivity index (χ0n) is 17.1. The van der Waals surface area contributed by atoms with Crippen molar-refractivity contribution in [3.8, 4) is 5.75 Å². The van der Waals surface area contributed by atoms with E-state index in [0.717, 1.165) is 6.07 Å². The highest BCUT2D eigenvalue weighted by Crippen LogP contribution is 2.39. The number of ether oxygens (including phenoxy) is 1. The number of amides is 2. The van der Waals surface area contributed by atoms with Gasteiger partial charge in [0.2, 0.25) is 5.76 Å². The number of nitrogens with two attached hydrogens (primary N) is 1. The van der Waals surface area contributed by atoms with Crippen LogP contribution in [0.3, 0.4) is 0 Å². The first kappa shape index (κ1) is 20.5. The Bertz CT molecular complexity index is 1430. The highest BCUT2D eigenvalue weighted by Gasteiger charge is 2.43. The van der Waals surface area contributed by atoms with Crippen molar-refractivity contribution in [2.75, 3.05) is 6.61 Å². The van der Waals surface area contributed by atoms with Crippen molar-refractivity contribution < 1.29 is 27.6 Å².